The van der Waals surface area contributed by atoms with Gasteiger partial charge in [0.15, 0.2) is 0 Å². The summed E-state index contributed by atoms with van der Waals surface area (Å²) in [4.78, 5) is 11.1. The third kappa shape index (κ3) is 2.05. The number of hydrogen-bond acceptors (Lipinski definition) is 3. The Balaban J connectivity index is 2.43. The van der Waals surface area contributed by atoms with E-state index in [1.54, 1.807) is 6.08 Å². The number of ether oxygens (including phenoxy) is 1. The zero-order valence-electron chi connectivity index (χ0n) is 6.67. The van der Waals surface area contributed by atoms with Gasteiger partial charge in [0.2, 0.25) is 0 Å². The van der Waals surface area contributed by atoms with Crippen molar-refractivity contribution in [1.82, 2.24) is 5.32 Å². The van der Waals surface area contributed by atoms with Crippen molar-refractivity contribution in [2.24, 2.45) is 0 Å². The van der Waals surface area contributed by atoms with E-state index < -0.39 is 0 Å². The minimum absolute atomic E-state index is 0.00330. The number of carbonyl (C=O) groups is 1. The normalized spacial score (nSPS) is 31.2. The highest BCUT2D eigenvalue weighted by Crippen LogP contribution is 2.05. The van der Waals surface area contributed by atoms with Gasteiger partial charge in [-0.3, -0.25) is 4.79 Å². The first-order valence-electron chi connectivity index (χ1n) is 3.79. The summed E-state index contributed by atoms with van der Waals surface area (Å²) in [6.07, 6.45) is 2.36. The molecule has 2 atom stereocenters. The maximum absolute atomic E-state index is 11.1. The van der Waals surface area contributed by atoms with Crippen LogP contribution in [0.5, 0.6) is 0 Å². The van der Waals surface area contributed by atoms with Crippen molar-refractivity contribution in [3.05, 3.63) is 12.7 Å². The topological polar surface area (TPSA) is 38.3 Å². The quantitative estimate of drug-likeness (QED) is 0.465. The molecule has 11 heavy (non-hydrogen) atoms. The highest BCUT2D eigenvalue weighted by Gasteiger charge is 2.25. The molecule has 0 saturated carbocycles. The third-order valence-electron chi connectivity index (χ3n) is 1.66. The van der Waals surface area contributed by atoms with Crippen LogP contribution in [0.2, 0.25) is 0 Å². The molecule has 3 nitrogen and oxygen atoms in total. The maximum Gasteiger partial charge on any atom is 0.323 e. The average Bonchev–Trinajstić information content (AvgIpc) is 1.95. The minimum Gasteiger partial charge on any atom is -0.460 e. The van der Waals surface area contributed by atoms with Gasteiger partial charge in [-0.15, -0.1) is 6.58 Å². The first-order valence-corrected chi connectivity index (χ1v) is 3.79. The van der Waals surface area contributed by atoms with E-state index in [1.165, 1.54) is 0 Å². The lowest BCUT2D eigenvalue weighted by Gasteiger charge is -2.26. The number of carbonyl (C=O) groups excluding carboxylic acids is 1. The lowest BCUT2D eigenvalue weighted by molar-refractivity contribution is -0.155. The van der Waals surface area contributed by atoms with E-state index in [0.29, 0.717) is 6.42 Å². The molecule has 0 bridgehead atoms. The molecule has 0 aromatic carbocycles. The standard InChI is InChI=1S/C8H13NO2/c1-3-4-7-8(10)11-6(2)5-9-7/h3,6-7,9H,1,4-5H2,2H3. The van der Waals surface area contributed by atoms with Crippen LogP contribution in [0.25, 0.3) is 0 Å². The van der Waals surface area contributed by atoms with Crippen molar-refractivity contribution in [3.8, 4) is 0 Å². The molecule has 0 radical (unpaired) electrons. The second-order valence-electron chi connectivity index (χ2n) is 2.73. The van der Waals surface area contributed by atoms with Crippen molar-refractivity contribution in [2.75, 3.05) is 6.54 Å². The van der Waals surface area contributed by atoms with Crippen LogP contribution >= 0.6 is 0 Å². The first kappa shape index (κ1) is 8.27. The van der Waals surface area contributed by atoms with Gasteiger partial charge in [0.1, 0.15) is 12.1 Å². The lowest BCUT2D eigenvalue weighted by atomic mass is 10.1. The minimum atomic E-state index is -0.177. The molecule has 3 heteroatoms. The zero-order valence-corrected chi connectivity index (χ0v) is 6.67. The van der Waals surface area contributed by atoms with Gasteiger partial charge in [-0.1, -0.05) is 6.08 Å². The van der Waals surface area contributed by atoms with E-state index >= 15 is 0 Å². The molecule has 1 aliphatic rings. The Labute approximate surface area is 66.4 Å². The molecule has 1 fully saturated rings. The number of cyclic esters (lactones) is 1. The summed E-state index contributed by atoms with van der Waals surface area (Å²) in [7, 11) is 0. The Kier molecular flexibility index (Phi) is 2.65. The summed E-state index contributed by atoms with van der Waals surface area (Å²) in [5.74, 6) is -0.163. The van der Waals surface area contributed by atoms with Gasteiger partial charge >= 0.3 is 5.97 Å². The van der Waals surface area contributed by atoms with Gasteiger partial charge in [0, 0.05) is 6.54 Å². The Morgan fingerprint density at radius 3 is 3.18 bits per heavy atom. The summed E-state index contributed by atoms with van der Waals surface area (Å²) in [6, 6.07) is -0.177. The molecule has 0 amide bonds. The predicted molar refractivity (Wildman–Crippen MR) is 42.2 cm³/mol. The number of rotatable bonds is 2. The van der Waals surface area contributed by atoms with E-state index in [4.69, 9.17) is 4.74 Å². The van der Waals surface area contributed by atoms with Crippen LogP contribution in [0.4, 0.5) is 0 Å². The van der Waals surface area contributed by atoms with Gasteiger partial charge in [0.25, 0.3) is 0 Å². The lowest BCUT2D eigenvalue weighted by Crippen LogP contribution is -2.48. The van der Waals surface area contributed by atoms with E-state index in [1.807, 2.05) is 6.92 Å². The summed E-state index contributed by atoms with van der Waals surface area (Å²) >= 11 is 0. The molecule has 1 saturated heterocycles. The monoisotopic (exact) mass is 155 g/mol. The SMILES string of the molecule is C=CCC1NCC(C)OC1=O. The number of morpholine rings is 1. The molecule has 1 heterocycles. The number of esters is 1. The van der Waals surface area contributed by atoms with Crippen LogP contribution in [0.3, 0.4) is 0 Å². The van der Waals surface area contributed by atoms with Crippen LogP contribution in [0.1, 0.15) is 13.3 Å². The van der Waals surface area contributed by atoms with Crippen molar-refractivity contribution in [3.63, 3.8) is 0 Å². The molecule has 0 aromatic rings. The average molecular weight is 155 g/mol. The summed E-state index contributed by atoms with van der Waals surface area (Å²) in [6.45, 7) is 6.17. The molecule has 0 aromatic heterocycles. The van der Waals surface area contributed by atoms with E-state index in [0.717, 1.165) is 6.54 Å². The Bertz CT molecular complexity index is 167. The largest absolute Gasteiger partial charge is 0.460 e. The van der Waals surface area contributed by atoms with E-state index in [-0.39, 0.29) is 18.1 Å². The maximum atomic E-state index is 11.1. The van der Waals surface area contributed by atoms with Gasteiger partial charge in [-0.2, -0.15) is 0 Å². The van der Waals surface area contributed by atoms with Gasteiger partial charge < -0.3 is 10.1 Å². The fraction of sp³-hybridized carbons (Fsp3) is 0.625. The zero-order chi connectivity index (χ0) is 8.27. The molecule has 1 N–H and O–H groups in total. The molecular weight excluding hydrogens is 142 g/mol. The van der Waals surface area contributed by atoms with Crippen LogP contribution in [0, 0.1) is 0 Å². The first-order chi connectivity index (χ1) is 5.24. The number of nitrogens with one attached hydrogen (secondary N) is 1. The van der Waals surface area contributed by atoms with E-state index in [2.05, 4.69) is 11.9 Å². The molecule has 1 rings (SSSR count). The molecule has 2 unspecified atom stereocenters. The van der Waals surface area contributed by atoms with Crippen LogP contribution < -0.4 is 5.32 Å². The van der Waals surface area contributed by atoms with Crippen LogP contribution in [-0.2, 0) is 9.53 Å². The Morgan fingerprint density at radius 2 is 2.64 bits per heavy atom. The molecule has 1 aliphatic heterocycles. The predicted octanol–water partition coefficient (Wildman–Crippen LogP) is 0.466. The van der Waals surface area contributed by atoms with Crippen molar-refractivity contribution >= 4 is 5.97 Å². The Morgan fingerprint density at radius 1 is 1.91 bits per heavy atom. The summed E-state index contributed by atoms with van der Waals surface area (Å²) < 4.78 is 5.00. The second kappa shape index (κ2) is 3.53. The smallest absolute Gasteiger partial charge is 0.323 e. The second-order valence-corrected chi connectivity index (χ2v) is 2.73. The van der Waals surface area contributed by atoms with Crippen LogP contribution in [-0.4, -0.2) is 24.7 Å². The van der Waals surface area contributed by atoms with Crippen molar-refractivity contribution in [2.45, 2.75) is 25.5 Å². The molecule has 0 aliphatic carbocycles. The van der Waals surface area contributed by atoms with Crippen LogP contribution in [0.15, 0.2) is 12.7 Å². The highest BCUT2D eigenvalue weighted by molar-refractivity contribution is 5.76. The molecule has 0 spiro atoms. The highest BCUT2D eigenvalue weighted by atomic mass is 16.5. The van der Waals surface area contributed by atoms with Gasteiger partial charge in [-0.05, 0) is 13.3 Å². The third-order valence-corrected chi connectivity index (χ3v) is 1.66. The number of hydrogen-bond donors (Lipinski definition) is 1. The van der Waals surface area contributed by atoms with Crippen molar-refractivity contribution < 1.29 is 9.53 Å². The van der Waals surface area contributed by atoms with Gasteiger partial charge in [-0.25, -0.2) is 0 Å². The fourth-order valence-electron chi connectivity index (χ4n) is 1.06. The molecular formula is C8H13NO2. The fourth-order valence-corrected chi connectivity index (χ4v) is 1.06. The summed E-state index contributed by atoms with van der Waals surface area (Å²) in [5.41, 5.74) is 0. The molecule has 62 valence electrons. The van der Waals surface area contributed by atoms with Crippen molar-refractivity contribution in [1.29, 1.82) is 0 Å². The summed E-state index contributed by atoms with van der Waals surface area (Å²) in [5, 5.41) is 3.07. The Hall–Kier alpha value is -0.830. The van der Waals surface area contributed by atoms with E-state index in [9.17, 15) is 4.79 Å². The van der Waals surface area contributed by atoms with Gasteiger partial charge in [0.05, 0.1) is 0 Å².